The highest BCUT2D eigenvalue weighted by Gasteiger charge is 2.26. The van der Waals surface area contributed by atoms with Gasteiger partial charge in [-0.25, -0.2) is 0 Å². The van der Waals surface area contributed by atoms with Gasteiger partial charge in [-0.1, -0.05) is 25.0 Å². The molecule has 0 saturated heterocycles. The van der Waals surface area contributed by atoms with E-state index in [1.54, 1.807) is 7.05 Å². The predicted molar refractivity (Wildman–Crippen MR) is 71.9 cm³/mol. The monoisotopic (exact) mass is 238 g/mol. The zero-order chi connectivity index (χ0) is 12.7. The van der Waals surface area contributed by atoms with Crippen molar-refractivity contribution < 1.29 is 4.79 Å². The Morgan fingerprint density at radius 3 is 2.82 bits per heavy atom. The van der Waals surface area contributed by atoms with Gasteiger partial charge in [0.15, 0.2) is 0 Å². The van der Waals surface area contributed by atoms with Crippen molar-refractivity contribution in [2.75, 3.05) is 13.6 Å². The van der Waals surface area contributed by atoms with Gasteiger partial charge in [0.2, 0.25) is 5.91 Å². The summed E-state index contributed by atoms with van der Waals surface area (Å²) < 4.78 is 0. The molecular formula is C14H26N2O. The number of rotatable bonds is 4. The molecule has 1 aliphatic rings. The number of amides is 1. The van der Waals surface area contributed by atoms with E-state index in [-0.39, 0.29) is 11.3 Å². The Kier molecular flexibility index (Phi) is 5.69. The zero-order valence-corrected chi connectivity index (χ0v) is 11.4. The van der Waals surface area contributed by atoms with E-state index in [4.69, 9.17) is 0 Å². The third kappa shape index (κ3) is 4.90. The molecule has 1 unspecified atom stereocenters. The Labute approximate surface area is 105 Å². The van der Waals surface area contributed by atoms with E-state index in [0.717, 1.165) is 6.54 Å². The van der Waals surface area contributed by atoms with Crippen LogP contribution in [-0.4, -0.2) is 25.5 Å². The number of hydrogen-bond acceptors (Lipinski definition) is 2. The first-order valence-corrected chi connectivity index (χ1v) is 6.68. The van der Waals surface area contributed by atoms with Crippen LogP contribution in [0.2, 0.25) is 0 Å². The summed E-state index contributed by atoms with van der Waals surface area (Å²) in [7, 11) is 1.69. The average Bonchev–Trinajstić information content (AvgIpc) is 2.26. The number of hydrogen-bond donors (Lipinski definition) is 2. The van der Waals surface area contributed by atoms with E-state index < -0.39 is 0 Å². The van der Waals surface area contributed by atoms with E-state index in [2.05, 4.69) is 22.8 Å². The van der Waals surface area contributed by atoms with Crippen LogP contribution in [0.25, 0.3) is 0 Å². The van der Waals surface area contributed by atoms with Crippen molar-refractivity contribution in [2.24, 2.45) is 5.41 Å². The minimum atomic E-state index is -0.342. The Hall–Kier alpha value is -0.830. The molecule has 0 aliphatic heterocycles. The van der Waals surface area contributed by atoms with Crippen molar-refractivity contribution in [1.82, 2.24) is 10.6 Å². The standard InChI is InChI=1S/C14H26N2O/c1-14(2,13(17)15-3)11-16-12-9-7-5-4-6-8-10-12/h7,9,12,16H,4-6,8,10-11H2,1-3H3,(H,15,17)/b9-7+. The molecule has 0 aromatic rings. The molecule has 1 amide bonds. The summed E-state index contributed by atoms with van der Waals surface area (Å²) in [5, 5.41) is 6.22. The summed E-state index contributed by atoms with van der Waals surface area (Å²) in [6.07, 6.45) is 10.8. The van der Waals surface area contributed by atoms with Gasteiger partial charge in [0.25, 0.3) is 0 Å². The Balaban J connectivity index is 2.42. The Morgan fingerprint density at radius 1 is 1.35 bits per heavy atom. The Bertz CT molecular complexity index is 271. The van der Waals surface area contributed by atoms with Crippen LogP contribution in [0, 0.1) is 5.41 Å². The van der Waals surface area contributed by atoms with Gasteiger partial charge < -0.3 is 10.6 Å². The van der Waals surface area contributed by atoms with Crippen molar-refractivity contribution in [3.63, 3.8) is 0 Å². The predicted octanol–water partition coefficient (Wildman–Crippen LogP) is 2.24. The third-order valence-corrected chi connectivity index (χ3v) is 3.40. The zero-order valence-electron chi connectivity index (χ0n) is 11.4. The van der Waals surface area contributed by atoms with Crippen molar-refractivity contribution in [3.8, 4) is 0 Å². The molecule has 17 heavy (non-hydrogen) atoms. The summed E-state index contributed by atoms with van der Waals surface area (Å²) in [5.41, 5.74) is -0.342. The van der Waals surface area contributed by atoms with Crippen LogP contribution in [0.5, 0.6) is 0 Å². The normalized spacial score (nSPS) is 23.6. The van der Waals surface area contributed by atoms with Gasteiger partial charge in [-0.15, -0.1) is 0 Å². The SMILES string of the molecule is CNC(=O)C(C)(C)CNC1/C=C/CCCCC1. The van der Waals surface area contributed by atoms with Gasteiger partial charge in [-0.05, 0) is 33.1 Å². The number of nitrogens with one attached hydrogen (secondary N) is 2. The molecular weight excluding hydrogens is 212 g/mol. The topological polar surface area (TPSA) is 41.1 Å². The van der Waals surface area contributed by atoms with Crippen molar-refractivity contribution in [2.45, 2.75) is 52.0 Å². The first-order valence-electron chi connectivity index (χ1n) is 6.68. The molecule has 2 N–H and O–H groups in total. The molecule has 0 bridgehead atoms. The van der Waals surface area contributed by atoms with Crippen LogP contribution in [-0.2, 0) is 4.79 Å². The fraction of sp³-hybridized carbons (Fsp3) is 0.786. The van der Waals surface area contributed by atoms with Crippen LogP contribution in [0.1, 0.15) is 46.0 Å². The molecule has 0 radical (unpaired) electrons. The van der Waals surface area contributed by atoms with Gasteiger partial charge in [-0.3, -0.25) is 4.79 Å². The second kappa shape index (κ2) is 6.80. The highest BCUT2D eigenvalue weighted by atomic mass is 16.2. The first kappa shape index (κ1) is 14.2. The number of carbonyl (C=O) groups is 1. The lowest BCUT2D eigenvalue weighted by Gasteiger charge is -2.26. The molecule has 0 heterocycles. The van der Waals surface area contributed by atoms with Crippen LogP contribution < -0.4 is 10.6 Å². The fourth-order valence-electron chi connectivity index (χ4n) is 2.13. The maximum atomic E-state index is 11.7. The summed E-state index contributed by atoms with van der Waals surface area (Å²) in [4.78, 5) is 11.7. The maximum Gasteiger partial charge on any atom is 0.226 e. The van der Waals surface area contributed by atoms with Crippen LogP contribution >= 0.6 is 0 Å². The van der Waals surface area contributed by atoms with Crippen LogP contribution in [0.15, 0.2) is 12.2 Å². The summed E-state index contributed by atoms with van der Waals surface area (Å²) in [6, 6.07) is 0.430. The molecule has 3 heteroatoms. The van der Waals surface area contributed by atoms with E-state index in [9.17, 15) is 4.79 Å². The fourth-order valence-corrected chi connectivity index (χ4v) is 2.13. The van der Waals surface area contributed by atoms with Gasteiger partial charge >= 0.3 is 0 Å². The first-order chi connectivity index (χ1) is 8.06. The summed E-state index contributed by atoms with van der Waals surface area (Å²) in [6.45, 7) is 4.68. The molecule has 1 atom stereocenters. The summed E-state index contributed by atoms with van der Waals surface area (Å²) >= 11 is 0. The Morgan fingerprint density at radius 2 is 2.12 bits per heavy atom. The summed E-state index contributed by atoms with van der Waals surface area (Å²) in [5.74, 6) is 0.0971. The van der Waals surface area contributed by atoms with Crippen LogP contribution in [0.3, 0.4) is 0 Å². The third-order valence-electron chi connectivity index (χ3n) is 3.40. The van der Waals surface area contributed by atoms with E-state index in [1.165, 1.54) is 32.1 Å². The molecule has 98 valence electrons. The van der Waals surface area contributed by atoms with Crippen molar-refractivity contribution in [1.29, 1.82) is 0 Å². The van der Waals surface area contributed by atoms with Gasteiger partial charge in [0, 0.05) is 19.6 Å². The van der Waals surface area contributed by atoms with Gasteiger partial charge in [-0.2, -0.15) is 0 Å². The molecule has 1 rings (SSSR count). The second-order valence-corrected chi connectivity index (χ2v) is 5.52. The molecule has 0 spiro atoms. The highest BCUT2D eigenvalue weighted by molar-refractivity contribution is 5.81. The maximum absolute atomic E-state index is 11.7. The largest absolute Gasteiger partial charge is 0.359 e. The lowest BCUT2D eigenvalue weighted by Crippen LogP contribution is -2.44. The van der Waals surface area contributed by atoms with E-state index in [1.807, 2.05) is 13.8 Å². The van der Waals surface area contributed by atoms with Crippen LogP contribution in [0.4, 0.5) is 0 Å². The van der Waals surface area contributed by atoms with Gasteiger partial charge in [0.1, 0.15) is 0 Å². The molecule has 3 nitrogen and oxygen atoms in total. The average molecular weight is 238 g/mol. The minimum Gasteiger partial charge on any atom is -0.359 e. The minimum absolute atomic E-state index is 0.0971. The smallest absolute Gasteiger partial charge is 0.226 e. The van der Waals surface area contributed by atoms with E-state index in [0.29, 0.717) is 6.04 Å². The number of carbonyl (C=O) groups excluding carboxylic acids is 1. The molecule has 0 saturated carbocycles. The van der Waals surface area contributed by atoms with E-state index >= 15 is 0 Å². The number of allylic oxidation sites excluding steroid dienone is 1. The van der Waals surface area contributed by atoms with Gasteiger partial charge in [0.05, 0.1) is 5.41 Å². The van der Waals surface area contributed by atoms with Crippen molar-refractivity contribution in [3.05, 3.63) is 12.2 Å². The lowest BCUT2D eigenvalue weighted by molar-refractivity contribution is -0.128. The molecule has 0 fully saturated rings. The molecule has 0 aromatic carbocycles. The van der Waals surface area contributed by atoms with Crippen molar-refractivity contribution >= 4 is 5.91 Å². The lowest BCUT2D eigenvalue weighted by atomic mass is 9.91. The molecule has 1 aliphatic carbocycles. The quantitative estimate of drug-likeness (QED) is 0.738. The highest BCUT2D eigenvalue weighted by Crippen LogP contribution is 2.16. The second-order valence-electron chi connectivity index (χ2n) is 5.52. The molecule has 0 aromatic heterocycles.